The predicted octanol–water partition coefficient (Wildman–Crippen LogP) is 2.25. The molecule has 2 atom stereocenters. The lowest BCUT2D eigenvalue weighted by molar-refractivity contribution is -0.117. The van der Waals surface area contributed by atoms with Gasteiger partial charge in [0.1, 0.15) is 5.75 Å². The standard InChI is InChI=1S/C14H18N2O3/c1-8-6-11(8)14(18)16-12-7-10(15-9(2)17)4-5-13(12)19-3/h4-5,7-8,11H,6H2,1-3H3,(H,15,17)(H,16,18)/t8-,11+/m0/s1. The van der Waals surface area contributed by atoms with Crippen molar-refractivity contribution in [3.63, 3.8) is 0 Å². The molecule has 19 heavy (non-hydrogen) atoms. The summed E-state index contributed by atoms with van der Waals surface area (Å²) in [4.78, 5) is 23.0. The first-order valence-corrected chi connectivity index (χ1v) is 6.27. The lowest BCUT2D eigenvalue weighted by Gasteiger charge is -2.12. The molecule has 2 rings (SSSR count). The van der Waals surface area contributed by atoms with Gasteiger partial charge in [-0.1, -0.05) is 6.92 Å². The van der Waals surface area contributed by atoms with E-state index < -0.39 is 0 Å². The monoisotopic (exact) mass is 262 g/mol. The van der Waals surface area contributed by atoms with Gasteiger partial charge in [-0.05, 0) is 30.5 Å². The number of hydrogen-bond donors (Lipinski definition) is 2. The zero-order valence-corrected chi connectivity index (χ0v) is 11.3. The molecular weight excluding hydrogens is 244 g/mol. The second kappa shape index (κ2) is 5.30. The van der Waals surface area contributed by atoms with Crippen molar-refractivity contribution in [1.82, 2.24) is 0 Å². The number of hydrogen-bond acceptors (Lipinski definition) is 3. The largest absolute Gasteiger partial charge is 0.495 e. The van der Waals surface area contributed by atoms with Crippen LogP contribution >= 0.6 is 0 Å². The van der Waals surface area contributed by atoms with E-state index in [1.54, 1.807) is 25.3 Å². The molecule has 1 fully saturated rings. The molecular formula is C14H18N2O3. The van der Waals surface area contributed by atoms with Gasteiger partial charge in [-0.15, -0.1) is 0 Å². The molecule has 0 heterocycles. The van der Waals surface area contributed by atoms with E-state index in [1.165, 1.54) is 6.92 Å². The number of anilines is 2. The van der Waals surface area contributed by atoms with Gasteiger partial charge in [0.15, 0.2) is 0 Å². The number of rotatable bonds is 4. The minimum Gasteiger partial charge on any atom is -0.495 e. The number of carbonyl (C=O) groups excluding carboxylic acids is 2. The van der Waals surface area contributed by atoms with Gasteiger partial charge in [0.2, 0.25) is 11.8 Å². The molecule has 0 bridgehead atoms. The molecule has 0 aromatic heterocycles. The fourth-order valence-electron chi connectivity index (χ4n) is 2.00. The summed E-state index contributed by atoms with van der Waals surface area (Å²) in [6.07, 6.45) is 0.930. The van der Waals surface area contributed by atoms with Crippen LogP contribution < -0.4 is 15.4 Å². The Labute approximate surface area is 112 Å². The molecule has 0 spiro atoms. The number of amides is 2. The first-order valence-electron chi connectivity index (χ1n) is 6.27. The van der Waals surface area contributed by atoms with Crippen LogP contribution in [0.1, 0.15) is 20.3 Å². The maximum atomic E-state index is 11.9. The third-order valence-corrected chi connectivity index (χ3v) is 3.22. The van der Waals surface area contributed by atoms with E-state index in [0.29, 0.717) is 23.0 Å². The lowest BCUT2D eigenvalue weighted by Crippen LogP contribution is -2.15. The van der Waals surface area contributed by atoms with Crippen molar-refractivity contribution in [3.8, 4) is 5.75 Å². The molecule has 1 saturated carbocycles. The molecule has 2 amide bonds. The van der Waals surface area contributed by atoms with Crippen LogP contribution in [0.25, 0.3) is 0 Å². The molecule has 1 aliphatic rings. The zero-order valence-electron chi connectivity index (χ0n) is 11.3. The molecule has 1 aromatic rings. The summed E-state index contributed by atoms with van der Waals surface area (Å²) < 4.78 is 5.21. The van der Waals surface area contributed by atoms with E-state index >= 15 is 0 Å². The normalized spacial score (nSPS) is 20.6. The smallest absolute Gasteiger partial charge is 0.227 e. The number of methoxy groups -OCH3 is 1. The van der Waals surface area contributed by atoms with Gasteiger partial charge < -0.3 is 15.4 Å². The van der Waals surface area contributed by atoms with Crippen LogP contribution in [0.3, 0.4) is 0 Å². The molecule has 2 N–H and O–H groups in total. The van der Waals surface area contributed by atoms with Crippen molar-refractivity contribution in [3.05, 3.63) is 18.2 Å². The van der Waals surface area contributed by atoms with Gasteiger partial charge in [-0.2, -0.15) is 0 Å². The van der Waals surface area contributed by atoms with Crippen LogP contribution in [0, 0.1) is 11.8 Å². The quantitative estimate of drug-likeness (QED) is 0.874. The van der Waals surface area contributed by atoms with Gasteiger partial charge in [-0.25, -0.2) is 0 Å². The highest BCUT2D eigenvalue weighted by atomic mass is 16.5. The SMILES string of the molecule is COc1ccc(NC(C)=O)cc1NC(=O)[C@@H]1C[C@@H]1C. The summed E-state index contributed by atoms with van der Waals surface area (Å²) in [6, 6.07) is 5.15. The Kier molecular flexibility index (Phi) is 3.74. The van der Waals surface area contributed by atoms with Crippen molar-refractivity contribution in [2.45, 2.75) is 20.3 Å². The van der Waals surface area contributed by atoms with Crippen molar-refractivity contribution < 1.29 is 14.3 Å². The molecule has 5 heteroatoms. The summed E-state index contributed by atoms with van der Waals surface area (Å²) in [6.45, 7) is 3.49. The van der Waals surface area contributed by atoms with Gasteiger partial charge in [0.05, 0.1) is 12.8 Å². The second-order valence-corrected chi connectivity index (χ2v) is 4.90. The van der Waals surface area contributed by atoms with Crippen LogP contribution in [-0.4, -0.2) is 18.9 Å². The van der Waals surface area contributed by atoms with Crippen LogP contribution in [0.15, 0.2) is 18.2 Å². The van der Waals surface area contributed by atoms with Crippen LogP contribution in [0.2, 0.25) is 0 Å². The van der Waals surface area contributed by atoms with Crippen molar-refractivity contribution >= 4 is 23.2 Å². The highest BCUT2D eigenvalue weighted by molar-refractivity contribution is 5.97. The van der Waals surface area contributed by atoms with Gasteiger partial charge in [0, 0.05) is 18.5 Å². The van der Waals surface area contributed by atoms with Crippen LogP contribution in [0.4, 0.5) is 11.4 Å². The van der Waals surface area contributed by atoms with Crippen molar-refractivity contribution in [2.24, 2.45) is 11.8 Å². The van der Waals surface area contributed by atoms with E-state index in [2.05, 4.69) is 17.6 Å². The number of benzene rings is 1. The van der Waals surface area contributed by atoms with E-state index in [1.807, 2.05) is 0 Å². The molecule has 1 aromatic carbocycles. The van der Waals surface area contributed by atoms with Crippen LogP contribution in [0.5, 0.6) is 5.75 Å². The Morgan fingerprint density at radius 1 is 1.32 bits per heavy atom. The number of nitrogens with one attached hydrogen (secondary N) is 2. The Morgan fingerprint density at radius 2 is 2.00 bits per heavy atom. The molecule has 0 aliphatic heterocycles. The topological polar surface area (TPSA) is 67.4 Å². The number of carbonyl (C=O) groups is 2. The fraction of sp³-hybridized carbons (Fsp3) is 0.429. The van der Waals surface area contributed by atoms with E-state index in [9.17, 15) is 9.59 Å². The molecule has 0 radical (unpaired) electrons. The first-order chi connectivity index (χ1) is 9.01. The summed E-state index contributed by atoms with van der Waals surface area (Å²) >= 11 is 0. The molecule has 0 unspecified atom stereocenters. The first kappa shape index (κ1) is 13.4. The summed E-state index contributed by atoms with van der Waals surface area (Å²) in [5.74, 6) is 0.971. The predicted molar refractivity (Wildman–Crippen MR) is 73.2 cm³/mol. The Hall–Kier alpha value is -2.04. The second-order valence-electron chi connectivity index (χ2n) is 4.90. The highest BCUT2D eigenvalue weighted by Crippen LogP contribution is 2.39. The highest BCUT2D eigenvalue weighted by Gasteiger charge is 2.39. The Balaban J connectivity index is 2.16. The molecule has 0 saturated heterocycles. The number of ether oxygens (including phenoxy) is 1. The van der Waals surface area contributed by atoms with Crippen LogP contribution in [-0.2, 0) is 9.59 Å². The summed E-state index contributed by atoms with van der Waals surface area (Å²) in [7, 11) is 1.54. The molecule has 1 aliphatic carbocycles. The molecule has 5 nitrogen and oxygen atoms in total. The summed E-state index contributed by atoms with van der Waals surface area (Å²) in [5, 5.41) is 5.53. The average molecular weight is 262 g/mol. The average Bonchev–Trinajstić information content (AvgIpc) is 3.06. The van der Waals surface area contributed by atoms with E-state index in [-0.39, 0.29) is 17.7 Å². The maximum absolute atomic E-state index is 11.9. The van der Waals surface area contributed by atoms with Crippen molar-refractivity contribution in [1.29, 1.82) is 0 Å². The van der Waals surface area contributed by atoms with Gasteiger partial charge >= 0.3 is 0 Å². The zero-order chi connectivity index (χ0) is 14.0. The summed E-state index contributed by atoms with van der Waals surface area (Å²) in [5.41, 5.74) is 1.21. The Morgan fingerprint density at radius 3 is 2.53 bits per heavy atom. The van der Waals surface area contributed by atoms with E-state index in [0.717, 1.165) is 6.42 Å². The Bertz CT molecular complexity index is 513. The maximum Gasteiger partial charge on any atom is 0.227 e. The third kappa shape index (κ3) is 3.24. The fourth-order valence-corrected chi connectivity index (χ4v) is 2.00. The minimum absolute atomic E-state index is 0.00535. The van der Waals surface area contributed by atoms with E-state index in [4.69, 9.17) is 4.74 Å². The lowest BCUT2D eigenvalue weighted by atomic mass is 10.2. The third-order valence-electron chi connectivity index (χ3n) is 3.22. The minimum atomic E-state index is -0.154. The van der Waals surface area contributed by atoms with Crippen molar-refractivity contribution in [2.75, 3.05) is 17.7 Å². The van der Waals surface area contributed by atoms with Gasteiger partial charge in [-0.3, -0.25) is 9.59 Å². The molecule has 102 valence electrons. The van der Waals surface area contributed by atoms with Gasteiger partial charge in [0.25, 0.3) is 0 Å².